The number of aromatic nitrogens is 4. The number of hydrogen-bond acceptors (Lipinski definition) is 7. The molecule has 9 heteroatoms. The van der Waals surface area contributed by atoms with Gasteiger partial charge in [-0.05, 0) is 13.0 Å². The molecule has 3 rings (SSSR count). The lowest BCUT2D eigenvalue weighted by Crippen LogP contribution is -2.42. The van der Waals surface area contributed by atoms with E-state index in [0.29, 0.717) is 5.03 Å². The molecule has 0 saturated carbocycles. The van der Waals surface area contributed by atoms with Gasteiger partial charge < -0.3 is 5.73 Å². The second-order valence-corrected chi connectivity index (χ2v) is 7.12. The van der Waals surface area contributed by atoms with Crippen molar-refractivity contribution in [1.82, 2.24) is 19.1 Å². The van der Waals surface area contributed by atoms with Crippen LogP contribution in [0.15, 0.2) is 45.2 Å². The van der Waals surface area contributed by atoms with Gasteiger partial charge >= 0.3 is 5.69 Å². The van der Waals surface area contributed by atoms with Crippen molar-refractivity contribution in [3.63, 3.8) is 0 Å². The molecule has 0 amide bonds. The summed E-state index contributed by atoms with van der Waals surface area (Å²) in [7, 11) is 2.74. The Bertz CT molecular complexity index is 1130. The van der Waals surface area contributed by atoms with Crippen LogP contribution in [0.3, 0.4) is 0 Å². The molecule has 0 fully saturated rings. The minimum absolute atomic E-state index is 0.136. The molecule has 0 bridgehead atoms. The average molecular weight is 371 g/mol. The quantitative estimate of drug-likeness (QED) is 0.413. The summed E-state index contributed by atoms with van der Waals surface area (Å²) < 4.78 is 1.97. The molecule has 2 heterocycles. The van der Waals surface area contributed by atoms with Crippen LogP contribution in [0, 0.1) is 0 Å². The molecule has 0 radical (unpaired) electrons. The SMILES string of the molecule is CC(Sc1ncnc2ccccc12)C(=O)c1c(N)n(C)c(=O)n(C)c1=O. The maximum absolute atomic E-state index is 12.9. The molecule has 0 spiro atoms. The van der Waals surface area contributed by atoms with E-state index in [1.165, 1.54) is 32.2 Å². The zero-order chi connectivity index (χ0) is 19.0. The number of para-hydroxylation sites is 1. The first-order valence-corrected chi connectivity index (χ1v) is 8.67. The van der Waals surface area contributed by atoms with E-state index in [-0.39, 0.29) is 11.4 Å². The molecular formula is C17H17N5O3S. The van der Waals surface area contributed by atoms with Crippen molar-refractivity contribution in [3.05, 3.63) is 57.0 Å². The fourth-order valence-electron chi connectivity index (χ4n) is 2.59. The molecule has 1 atom stereocenters. The normalized spacial score (nSPS) is 12.3. The van der Waals surface area contributed by atoms with Crippen molar-refractivity contribution in [2.75, 3.05) is 5.73 Å². The maximum Gasteiger partial charge on any atom is 0.332 e. The number of fused-ring (bicyclic) bond motifs is 1. The Labute approximate surface area is 152 Å². The van der Waals surface area contributed by atoms with Gasteiger partial charge in [0.2, 0.25) is 0 Å². The minimum atomic E-state index is -0.699. The number of benzene rings is 1. The number of nitrogens with zero attached hydrogens (tertiary/aromatic N) is 4. The molecule has 0 saturated heterocycles. The summed E-state index contributed by atoms with van der Waals surface area (Å²) in [6.07, 6.45) is 1.43. The number of hydrogen-bond donors (Lipinski definition) is 1. The molecule has 134 valence electrons. The first-order chi connectivity index (χ1) is 12.3. The molecule has 0 aliphatic rings. The molecule has 3 aromatic rings. The summed E-state index contributed by atoms with van der Waals surface area (Å²) in [5, 5.41) is 0.832. The Morgan fingerprint density at radius 2 is 1.85 bits per heavy atom. The average Bonchev–Trinajstić information content (AvgIpc) is 2.65. The molecule has 2 aromatic heterocycles. The van der Waals surface area contributed by atoms with Crippen LogP contribution in [0.2, 0.25) is 0 Å². The summed E-state index contributed by atoms with van der Waals surface area (Å²) in [5.41, 5.74) is 5.17. The summed E-state index contributed by atoms with van der Waals surface area (Å²) in [4.78, 5) is 45.6. The van der Waals surface area contributed by atoms with Gasteiger partial charge in [0.25, 0.3) is 5.56 Å². The third-order valence-electron chi connectivity index (χ3n) is 4.12. The zero-order valence-corrected chi connectivity index (χ0v) is 15.3. The van der Waals surface area contributed by atoms with Gasteiger partial charge in [0, 0.05) is 19.5 Å². The second kappa shape index (κ2) is 6.75. The van der Waals surface area contributed by atoms with Crippen LogP contribution in [0.25, 0.3) is 10.9 Å². The maximum atomic E-state index is 12.9. The first-order valence-electron chi connectivity index (χ1n) is 7.79. The molecule has 1 aromatic carbocycles. The summed E-state index contributed by atoms with van der Waals surface area (Å²) in [5.74, 6) is -0.588. The fraction of sp³-hybridized carbons (Fsp3) is 0.235. The van der Waals surface area contributed by atoms with Gasteiger partial charge in [-0.3, -0.25) is 18.7 Å². The zero-order valence-electron chi connectivity index (χ0n) is 14.5. The summed E-state index contributed by atoms with van der Waals surface area (Å²) in [6, 6.07) is 7.46. The molecule has 1 unspecified atom stereocenters. The van der Waals surface area contributed by atoms with Crippen LogP contribution < -0.4 is 17.0 Å². The number of rotatable bonds is 4. The molecule has 26 heavy (non-hydrogen) atoms. The minimum Gasteiger partial charge on any atom is -0.384 e. The van der Waals surface area contributed by atoms with Crippen molar-refractivity contribution in [3.8, 4) is 0 Å². The van der Waals surface area contributed by atoms with E-state index in [1.807, 2.05) is 24.3 Å². The number of carbonyl (C=O) groups is 1. The van der Waals surface area contributed by atoms with Crippen LogP contribution in [0.1, 0.15) is 17.3 Å². The van der Waals surface area contributed by atoms with Crippen LogP contribution in [0.4, 0.5) is 5.82 Å². The number of thioether (sulfide) groups is 1. The predicted octanol–water partition coefficient (Wildman–Crippen LogP) is 0.973. The van der Waals surface area contributed by atoms with Crippen molar-refractivity contribution in [2.45, 2.75) is 17.2 Å². The Morgan fingerprint density at radius 3 is 2.58 bits per heavy atom. The van der Waals surface area contributed by atoms with Crippen LogP contribution in [-0.2, 0) is 14.1 Å². The van der Waals surface area contributed by atoms with E-state index in [9.17, 15) is 14.4 Å². The number of Topliss-reactive ketones (excluding diaryl/α,β-unsaturated/α-hetero) is 1. The first kappa shape index (κ1) is 17.9. The van der Waals surface area contributed by atoms with E-state index in [1.54, 1.807) is 6.92 Å². The third kappa shape index (κ3) is 2.90. The highest BCUT2D eigenvalue weighted by Crippen LogP contribution is 2.29. The van der Waals surface area contributed by atoms with Gasteiger partial charge in [0.15, 0.2) is 5.78 Å². The Morgan fingerprint density at radius 1 is 1.15 bits per heavy atom. The number of carbonyl (C=O) groups excluding carboxylic acids is 1. The number of ketones is 1. The van der Waals surface area contributed by atoms with Gasteiger partial charge in [-0.1, -0.05) is 30.0 Å². The van der Waals surface area contributed by atoms with Gasteiger partial charge in [0.1, 0.15) is 22.7 Å². The highest BCUT2D eigenvalue weighted by molar-refractivity contribution is 8.00. The van der Waals surface area contributed by atoms with Crippen LogP contribution in [0.5, 0.6) is 0 Å². The van der Waals surface area contributed by atoms with Crippen molar-refractivity contribution >= 4 is 34.3 Å². The predicted molar refractivity (Wildman–Crippen MR) is 101 cm³/mol. The fourth-order valence-corrected chi connectivity index (χ4v) is 3.56. The second-order valence-electron chi connectivity index (χ2n) is 5.79. The van der Waals surface area contributed by atoms with Crippen molar-refractivity contribution < 1.29 is 4.79 Å². The highest BCUT2D eigenvalue weighted by Gasteiger charge is 2.26. The van der Waals surface area contributed by atoms with Gasteiger partial charge in [-0.2, -0.15) is 0 Å². The van der Waals surface area contributed by atoms with Crippen LogP contribution in [-0.4, -0.2) is 30.1 Å². The summed E-state index contributed by atoms with van der Waals surface area (Å²) in [6.45, 7) is 1.67. The van der Waals surface area contributed by atoms with Gasteiger partial charge in [-0.25, -0.2) is 14.8 Å². The largest absolute Gasteiger partial charge is 0.384 e. The van der Waals surface area contributed by atoms with Gasteiger partial charge in [0.05, 0.1) is 10.8 Å². The van der Waals surface area contributed by atoms with Crippen molar-refractivity contribution in [2.24, 2.45) is 14.1 Å². The lowest BCUT2D eigenvalue weighted by molar-refractivity contribution is 0.0992. The highest BCUT2D eigenvalue weighted by atomic mass is 32.2. The molecule has 0 aliphatic carbocycles. The summed E-state index contributed by atoms with van der Waals surface area (Å²) >= 11 is 1.22. The lowest BCUT2D eigenvalue weighted by atomic mass is 10.1. The third-order valence-corrected chi connectivity index (χ3v) is 5.24. The smallest absolute Gasteiger partial charge is 0.332 e. The molecular weight excluding hydrogens is 354 g/mol. The van der Waals surface area contributed by atoms with E-state index >= 15 is 0 Å². The lowest BCUT2D eigenvalue weighted by Gasteiger charge is -2.14. The van der Waals surface area contributed by atoms with E-state index in [4.69, 9.17) is 5.73 Å². The monoisotopic (exact) mass is 371 g/mol. The van der Waals surface area contributed by atoms with Gasteiger partial charge in [-0.15, -0.1) is 0 Å². The number of nitrogens with two attached hydrogens (primary N) is 1. The number of anilines is 1. The van der Waals surface area contributed by atoms with Crippen molar-refractivity contribution in [1.29, 1.82) is 0 Å². The molecule has 0 aliphatic heterocycles. The van der Waals surface area contributed by atoms with E-state index in [2.05, 4.69) is 9.97 Å². The van der Waals surface area contributed by atoms with E-state index in [0.717, 1.165) is 20.0 Å². The Kier molecular flexibility index (Phi) is 4.64. The Hall–Kier alpha value is -2.94. The van der Waals surface area contributed by atoms with Crippen LogP contribution >= 0.6 is 11.8 Å². The molecule has 2 N–H and O–H groups in total. The standard InChI is InChI=1S/C17H17N5O3S/c1-9(26-15-10-6-4-5-7-11(10)19-8-20-15)13(23)12-14(18)21(2)17(25)22(3)16(12)24/h4-9H,18H2,1-3H3. The Balaban J connectivity index is 2.02. The van der Waals surface area contributed by atoms with E-state index < -0.39 is 22.3 Å². The number of nitrogen functional groups attached to an aromatic ring is 1. The molecule has 8 nitrogen and oxygen atoms in total. The topological polar surface area (TPSA) is 113 Å².